The quantitative estimate of drug-likeness (QED) is 0.635. The predicted octanol–water partition coefficient (Wildman–Crippen LogP) is 2.45. The van der Waals surface area contributed by atoms with Crippen molar-refractivity contribution in [3.05, 3.63) is 0 Å². The summed E-state index contributed by atoms with van der Waals surface area (Å²) in [6, 6.07) is 0. The molecule has 0 aliphatic heterocycles. The molecule has 13 heavy (non-hydrogen) atoms. The van der Waals surface area contributed by atoms with Crippen molar-refractivity contribution in [2.45, 2.75) is 48.0 Å². The van der Waals surface area contributed by atoms with E-state index in [4.69, 9.17) is 0 Å². The highest BCUT2D eigenvalue weighted by molar-refractivity contribution is 5.93. The van der Waals surface area contributed by atoms with E-state index >= 15 is 0 Å². The smallest absolute Gasteiger partial charge is 0.228 e. The van der Waals surface area contributed by atoms with Crippen molar-refractivity contribution in [3.63, 3.8) is 0 Å². The van der Waals surface area contributed by atoms with Gasteiger partial charge in [0, 0.05) is 20.4 Å². The lowest BCUT2D eigenvalue weighted by Gasteiger charge is -2.09. The van der Waals surface area contributed by atoms with Crippen LogP contribution in [-0.2, 0) is 9.59 Å². The summed E-state index contributed by atoms with van der Waals surface area (Å²) in [6.07, 6.45) is 0.385. The number of carbonyl (C=O) groups excluding carboxylic acids is 2. The van der Waals surface area contributed by atoms with Crippen LogP contribution in [0.3, 0.4) is 0 Å². The van der Waals surface area contributed by atoms with E-state index in [9.17, 15) is 9.59 Å². The molecule has 3 nitrogen and oxygen atoms in total. The highest BCUT2D eigenvalue weighted by atomic mass is 16.2. The third kappa shape index (κ3) is 11.1. The molecule has 0 aromatic carbocycles. The van der Waals surface area contributed by atoms with Crippen LogP contribution in [0.2, 0.25) is 0 Å². The van der Waals surface area contributed by atoms with Crippen LogP contribution in [0, 0.1) is 0 Å². The number of carbonyl (C=O) groups is 2. The molecule has 0 rings (SSSR count). The van der Waals surface area contributed by atoms with Crippen LogP contribution in [0.25, 0.3) is 0 Å². The van der Waals surface area contributed by atoms with Gasteiger partial charge in [-0.3, -0.25) is 14.5 Å². The lowest BCUT2D eigenvalue weighted by Crippen LogP contribution is -2.30. The molecule has 0 aliphatic carbocycles. The van der Waals surface area contributed by atoms with E-state index in [1.54, 1.807) is 6.92 Å². The fourth-order valence-corrected chi connectivity index (χ4v) is 0.413. The lowest BCUT2D eigenvalue weighted by molar-refractivity contribution is -0.141. The SMILES string of the molecule is CC.CC.CCC(=O)N(C)C(C)=O. The van der Waals surface area contributed by atoms with Gasteiger partial charge in [0.1, 0.15) is 0 Å². The van der Waals surface area contributed by atoms with E-state index in [1.165, 1.54) is 14.0 Å². The standard InChI is InChI=1S/C6H11NO2.2C2H6/c1-4-6(9)7(3)5(2)8;2*1-2/h4H2,1-3H3;2*1-2H3. The minimum Gasteiger partial charge on any atom is -0.286 e. The Morgan fingerprint density at radius 1 is 1.08 bits per heavy atom. The van der Waals surface area contributed by atoms with Gasteiger partial charge < -0.3 is 0 Å². The first-order valence-corrected chi connectivity index (χ1v) is 4.86. The van der Waals surface area contributed by atoms with Gasteiger partial charge in [-0.1, -0.05) is 34.6 Å². The van der Waals surface area contributed by atoms with Crippen molar-refractivity contribution in [2.75, 3.05) is 7.05 Å². The summed E-state index contributed by atoms with van der Waals surface area (Å²) in [5, 5.41) is 0. The number of rotatable bonds is 1. The van der Waals surface area contributed by atoms with E-state index in [0.29, 0.717) is 6.42 Å². The molecule has 2 amide bonds. The monoisotopic (exact) mass is 189 g/mol. The van der Waals surface area contributed by atoms with Crippen molar-refractivity contribution < 1.29 is 9.59 Å². The topological polar surface area (TPSA) is 37.4 Å². The van der Waals surface area contributed by atoms with E-state index < -0.39 is 0 Å². The fourth-order valence-electron chi connectivity index (χ4n) is 0.413. The first-order chi connectivity index (χ1) is 6.09. The second kappa shape index (κ2) is 13.7. The second-order valence-corrected chi connectivity index (χ2v) is 1.83. The molecule has 0 unspecified atom stereocenters. The molecule has 80 valence electrons. The Balaban J connectivity index is -0.000000218. The van der Waals surface area contributed by atoms with Gasteiger partial charge in [0.05, 0.1) is 0 Å². The van der Waals surface area contributed by atoms with E-state index in [2.05, 4.69) is 0 Å². The van der Waals surface area contributed by atoms with Crippen LogP contribution >= 0.6 is 0 Å². The molecule has 0 atom stereocenters. The molecule has 0 saturated heterocycles. The average Bonchev–Trinajstić information content (AvgIpc) is 2.21. The lowest BCUT2D eigenvalue weighted by atomic mass is 10.4. The van der Waals surface area contributed by atoms with Crippen molar-refractivity contribution in [2.24, 2.45) is 0 Å². The third-order valence-electron chi connectivity index (χ3n) is 1.15. The maximum Gasteiger partial charge on any atom is 0.228 e. The summed E-state index contributed by atoms with van der Waals surface area (Å²) in [5.41, 5.74) is 0. The summed E-state index contributed by atoms with van der Waals surface area (Å²) in [6.45, 7) is 11.1. The first kappa shape index (κ1) is 18.0. The molecular formula is C10H23NO2. The Hall–Kier alpha value is -0.860. The number of amides is 2. The van der Waals surface area contributed by atoms with Crippen LogP contribution in [0.4, 0.5) is 0 Å². The van der Waals surface area contributed by atoms with Gasteiger partial charge in [0.15, 0.2) is 0 Å². The molecular weight excluding hydrogens is 166 g/mol. The average molecular weight is 189 g/mol. The third-order valence-corrected chi connectivity index (χ3v) is 1.15. The zero-order valence-electron chi connectivity index (χ0n) is 9.97. The normalized spacial score (nSPS) is 7.00. The van der Waals surface area contributed by atoms with Crippen LogP contribution in [-0.4, -0.2) is 23.8 Å². The van der Waals surface area contributed by atoms with Gasteiger partial charge in [-0.05, 0) is 0 Å². The summed E-state index contributed by atoms with van der Waals surface area (Å²) < 4.78 is 0. The molecule has 0 bridgehead atoms. The van der Waals surface area contributed by atoms with Gasteiger partial charge in [-0.25, -0.2) is 0 Å². The highest BCUT2D eigenvalue weighted by Crippen LogP contribution is 1.88. The van der Waals surface area contributed by atoms with E-state index in [-0.39, 0.29) is 11.8 Å². The van der Waals surface area contributed by atoms with Gasteiger partial charge in [-0.2, -0.15) is 0 Å². The van der Waals surface area contributed by atoms with Crippen molar-refractivity contribution in [3.8, 4) is 0 Å². The molecule has 0 N–H and O–H groups in total. The first-order valence-electron chi connectivity index (χ1n) is 4.86. The molecule has 0 fully saturated rings. The van der Waals surface area contributed by atoms with Crippen molar-refractivity contribution >= 4 is 11.8 Å². The second-order valence-electron chi connectivity index (χ2n) is 1.83. The Morgan fingerprint density at radius 3 is 1.46 bits per heavy atom. The Kier molecular flexibility index (Phi) is 19.0. The molecule has 0 aromatic heterocycles. The zero-order chi connectivity index (χ0) is 11.4. The van der Waals surface area contributed by atoms with Gasteiger partial charge >= 0.3 is 0 Å². The molecule has 0 aromatic rings. The van der Waals surface area contributed by atoms with E-state index in [0.717, 1.165) is 4.90 Å². The maximum absolute atomic E-state index is 10.7. The predicted molar refractivity (Wildman–Crippen MR) is 56.4 cm³/mol. The molecule has 0 spiro atoms. The van der Waals surface area contributed by atoms with Crippen LogP contribution in [0.1, 0.15) is 48.0 Å². The van der Waals surface area contributed by atoms with Crippen molar-refractivity contribution in [1.82, 2.24) is 4.90 Å². The van der Waals surface area contributed by atoms with Gasteiger partial charge in [0.25, 0.3) is 0 Å². The largest absolute Gasteiger partial charge is 0.286 e. The van der Waals surface area contributed by atoms with Crippen molar-refractivity contribution in [1.29, 1.82) is 0 Å². The molecule has 0 aliphatic rings. The summed E-state index contributed by atoms with van der Waals surface area (Å²) in [7, 11) is 1.48. The Labute approximate surface area is 82.1 Å². The van der Waals surface area contributed by atoms with Gasteiger partial charge in [-0.15, -0.1) is 0 Å². The fraction of sp³-hybridized carbons (Fsp3) is 0.800. The molecule has 0 radical (unpaired) electrons. The van der Waals surface area contributed by atoms with Gasteiger partial charge in [0.2, 0.25) is 11.8 Å². The minimum atomic E-state index is -0.207. The number of nitrogens with zero attached hydrogens (tertiary/aromatic N) is 1. The number of hydrogen-bond acceptors (Lipinski definition) is 2. The Morgan fingerprint density at radius 2 is 1.38 bits per heavy atom. The molecule has 0 heterocycles. The summed E-state index contributed by atoms with van der Waals surface area (Å²) in [4.78, 5) is 22.2. The number of hydrogen-bond donors (Lipinski definition) is 0. The summed E-state index contributed by atoms with van der Waals surface area (Å²) in [5.74, 6) is -0.343. The zero-order valence-corrected chi connectivity index (χ0v) is 9.97. The van der Waals surface area contributed by atoms with Crippen LogP contribution < -0.4 is 0 Å². The molecule has 0 saturated carbocycles. The van der Waals surface area contributed by atoms with E-state index in [1.807, 2.05) is 27.7 Å². The number of imide groups is 1. The van der Waals surface area contributed by atoms with Crippen LogP contribution in [0.5, 0.6) is 0 Å². The Bertz CT molecular complexity index is 133. The minimum absolute atomic E-state index is 0.137. The highest BCUT2D eigenvalue weighted by Gasteiger charge is 2.08. The van der Waals surface area contributed by atoms with Crippen LogP contribution in [0.15, 0.2) is 0 Å². The molecule has 3 heteroatoms. The summed E-state index contributed by atoms with van der Waals surface area (Å²) >= 11 is 0. The maximum atomic E-state index is 10.7.